The third kappa shape index (κ3) is 4.04. The Morgan fingerprint density at radius 3 is 1.73 bits per heavy atom. The van der Waals surface area contributed by atoms with Crippen molar-refractivity contribution in [2.24, 2.45) is 0 Å². The van der Waals surface area contributed by atoms with Crippen molar-refractivity contribution in [2.45, 2.75) is 15.3 Å². The van der Waals surface area contributed by atoms with Gasteiger partial charge in [0.1, 0.15) is 8.42 Å². The van der Waals surface area contributed by atoms with E-state index in [0.717, 1.165) is 22.7 Å². The molecule has 2 N–H and O–H groups in total. The summed E-state index contributed by atoms with van der Waals surface area (Å²) < 4.78 is 55.0. The smallest absolute Gasteiger partial charge is 0.271 e. The number of rotatable bonds is 6. The number of hydrogen-bond donors (Lipinski definition) is 2. The molecule has 0 fully saturated rings. The first-order valence-corrected chi connectivity index (χ1v) is 12.2. The number of anilines is 2. The third-order valence-corrected chi connectivity index (χ3v) is 9.24. The van der Waals surface area contributed by atoms with Crippen LogP contribution in [0.2, 0.25) is 5.02 Å². The Morgan fingerprint density at radius 1 is 0.846 bits per heavy atom. The van der Waals surface area contributed by atoms with Gasteiger partial charge in [-0.1, -0.05) is 23.7 Å². The first kappa shape index (κ1) is 19.2. The zero-order valence-electron chi connectivity index (χ0n) is 13.3. The van der Waals surface area contributed by atoms with Gasteiger partial charge in [0.05, 0.1) is 11.4 Å². The van der Waals surface area contributed by atoms with Crippen LogP contribution < -0.4 is 9.44 Å². The first-order chi connectivity index (χ1) is 12.2. The summed E-state index contributed by atoms with van der Waals surface area (Å²) in [4.78, 5) is 0. The molecule has 0 amide bonds. The van der Waals surface area contributed by atoms with Crippen LogP contribution in [-0.4, -0.2) is 16.8 Å². The Labute approximate surface area is 164 Å². The highest BCUT2D eigenvalue weighted by molar-refractivity contribution is 7.95. The molecule has 0 aliphatic carbocycles. The topological polar surface area (TPSA) is 92.3 Å². The Bertz CT molecular complexity index is 1030. The van der Waals surface area contributed by atoms with Gasteiger partial charge >= 0.3 is 0 Å². The summed E-state index contributed by atoms with van der Waals surface area (Å²) in [5, 5.41) is 3.59. The van der Waals surface area contributed by atoms with Crippen molar-refractivity contribution < 1.29 is 16.8 Å². The maximum atomic E-state index is 12.5. The third-order valence-electron chi connectivity index (χ3n) is 3.31. The van der Waals surface area contributed by atoms with Crippen LogP contribution in [0.3, 0.4) is 0 Å². The van der Waals surface area contributed by atoms with Crippen molar-refractivity contribution in [2.75, 3.05) is 9.44 Å². The van der Waals surface area contributed by atoms with Gasteiger partial charge < -0.3 is 0 Å². The molecule has 2 aromatic heterocycles. The van der Waals surface area contributed by atoms with Gasteiger partial charge in [-0.15, -0.1) is 22.7 Å². The summed E-state index contributed by atoms with van der Waals surface area (Å²) in [7, 11) is -7.69. The molecule has 0 aliphatic rings. The molecule has 0 aliphatic heterocycles. The number of aryl methyl sites for hydroxylation is 1. The monoisotopic (exact) mass is 448 g/mol. The second-order valence-corrected chi connectivity index (χ2v) is 11.3. The van der Waals surface area contributed by atoms with E-state index in [-0.39, 0.29) is 19.8 Å². The van der Waals surface area contributed by atoms with E-state index in [0.29, 0.717) is 10.6 Å². The SMILES string of the molecule is Cc1cc(NS(=O)(=O)c2cccs2)c(NS(=O)(=O)c2cccs2)cc1Cl. The molecule has 2 heterocycles. The molecular weight excluding hydrogens is 436 g/mol. The lowest BCUT2D eigenvalue weighted by Crippen LogP contribution is -2.16. The van der Waals surface area contributed by atoms with Gasteiger partial charge in [0.15, 0.2) is 0 Å². The molecule has 0 unspecified atom stereocenters. The summed E-state index contributed by atoms with van der Waals surface area (Å²) in [6.45, 7) is 1.70. The van der Waals surface area contributed by atoms with E-state index in [4.69, 9.17) is 11.6 Å². The largest absolute Gasteiger partial charge is 0.277 e. The molecule has 1 aromatic carbocycles. The fraction of sp³-hybridized carbons (Fsp3) is 0.0667. The zero-order chi connectivity index (χ0) is 18.9. The first-order valence-electron chi connectivity index (χ1n) is 7.12. The summed E-state index contributed by atoms with van der Waals surface area (Å²) in [5.74, 6) is 0. The van der Waals surface area contributed by atoms with Crippen LogP contribution in [0.1, 0.15) is 5.56 Å². The molecular formula is C15H13ClN2O4S4. The molecule has 0 bridgehead atoms. The van der Waals surface area contributed by atoms with Crippen molar-refractivity contribution in [3.05, 3.63) is 57.7 Å². The Kier molecular flexibility index (Phi) is 5.31. The van der Waals surface area contributed by atoms with E-state index in [1.165, 1.54) is 24.3 Å². The molecule has 0 spiro atoms. The minimum absolute atomic E-state index is 0.0501. The number of thiophene rings is 2. The van der Waals surface area contributed by atoms with Gasteiger partial charge in [-0.05, 0) is 47.5 Å². The number of nitrogens with one attached hydrogen (secondary N) is 2. The van der Waals surface area contributed by atoms with Gasteiger partial charge in [-0.25, -0.2) is 16.8 Å². The standard InChI is InChI=1S/C15H13ClN2O4S4/c1-10-8-12(17-25(19,20)14-4-2-6-23-14)13(9-11(10)16)18-26(21,22)15-5-3-7-24-15/h2-9,17-18H,1H3. The molecule has 6 nitrogen and oxygen atoms in total. The van der Waals surface area contributed by atoms with Crippen LogP contribution in [0.15, 0.2) is 55.6 Å². The molecule has 26 heavy (non-hydrogen) atoms. The van der Waals surface area contributed by atoms with E-state index in [2.05, 4.69) is 9.44 Å². The predicted octanol–water partition coefficient (Wildman–Crippen LogP) is 4.37. The van der Waals surface area contributed by atoms with Gasteiger partial charge in [-0.3, -0.25) is 9.44 Å². The number of sulfonamides is 2. The van der Waals surface area contributed by atoms with E-state index in [1.54, 1.807) is 29.8 Å². The average Bonchev–Trinajstić information content (AvgIpc) is 3.24. The second kappa shape index (κ2) is 7.20. The maximum Gasteiger partial charge on any atom is 0.271 e. The van der Waals surface area contributed by atoms with Crippen molar-refractivity contribution in [3.63, 3.8) is 0 Å². The van der Waals surface area contributed by atoms with E-state index < -0.39 is 20.0 Å². The Morgan fingerprint density at radius 2 is 1.31 bits per heavy atom. The highest BCUT2D eigenvalue weighted by atomic mass is 35.5. The minimum Gasteiger partial charge on any atom is -0.277 e. The zero-order valence-corrected chi connectivity index (χ0v) is 17.3. The summed E-state index contributed by atoms with van der Waals surface area (Å²) >= 11 is 8.22. The lowest BCUT2D eigenvalue weighted by atomic mass is 10.2. The van der Waals surface area contributed by atoms with E-state index in [9.17, 15) is 16.8 Å². The van der Waals surface area contributed by atoms with Gasteiger partial charge in [0.2, 0.25) is 0 Å². The molecule has 138 valence electrons. The second-order valence-electron chi connectivity index (χ2n) is 5.22. The molecule has 11 heteroatoms. The molecule has 3 aromatic rings. The number of benzene rings is 1. The minimum atomic E-state index is -3.85. The number of halogens is 1. The van der Waals surface area contributed by atoms with Crippen LogP contribution >= 0.6 is 34.3 Å². The Hall–Kier alpha value is -1.59. The molecule has 0 saturated heterocycles. The normalized spacial score (nSPS) is 12.1. The van der Waals surface area contributed by atoms with Crippen molar-refractivity contribution in [1.29, 1.82) is 0 Å². The van der Waals surface area contributed by atoms with Crippen LogP contribution in [0.4, 0.5) is 11.4 Å². The molecule has 3 rings (SSSR count). The fourth-order valence-electron chi connectivity index (χ4n) is 2.07. The Balaban J connectivity index is 2.02. The summed E-state index contributed by atoms with van der Waals surface area (Å²) in [6.07, 6.45) is 0. The molecule has 0 radical (unpaired) electrons. The lowest BCUT2D eigenvalue weighted by Gasteiger charge is -2.15. The van der Waals surface area contributed by atoms with E-state index >= 15 is 0 Å². The summed E-state index contributed by atoms with van der Waals surface area (Å²) in [5.41, 5.74) is 0.754. The summed E-state index contributed by atoms with van der Waals surface area (Å²) in [6, 6.07) is 9.02. The fourth-order valence-corrected chi connectivity index (χ4v) is 6.36. The number of hydrogen-bond acceptors (Lipinski definition) is 6. The van der Waals surface area contributed by atoms with Crippen LogP contribution in [0, 0.1) is 6.92 Å². The molecule has 0 saturated carbocycles. The van der Waals surface area contributed by atoms with Crippen LogP contribution in [0.25, 0.3) is 0 Å². The van der Waals surface area contributed by atoms with Crippen LogP contribution in [0.5, 0.6) is 0 Å². The highest BCUT2D eigenvalue weighted by Gasteiger charge is 2.22. The quantitative estimate of drug-likeness (QED) is 0.585. The van der Waals surface area contributed by atoms with Gasteiger partial charge in [0.25, 0.3) is 20.0 Å². The highest BCUT2D eigenvalue weighted by Crippen LogP contribution is 2.33. The lowest BCUT2D eigenvalue weighted by molar-refractivity contribution is 0.601. The maximum absolute atomic E-state index is 12.5. The van der Waals surface area contributed by atoms with Gasteiger partial charge in [0, 0.05) is 5.02 Å². The van der Waals surface area contributed by atoms with Crippen molar-refractivity contribution >= 4 is 65.7 Å². The predicted molar refractivity (Wildman–Crippen MR) is 106 cm³/mol. The van der Waals surface area contributed by atoms with E-state index in [1.807, 2.05) is 0 Å². The van der Waals surface area contributed by atoms with Crippen LogP contribution in [-0.2, 0) is 20.0 Å². The van der Waals surface area contributed by atoms with Gasteiger partial charge in [-0.2, -0.15) is 0 Å². The van der Waals surface area contributed by atoms with Crippen molar-refractivity contribution in [3.8, 4) is 0 Å². The average molecular weight is 449 g/mol. The molecule has 0 atom stereocenters. The van der Waals surface area contributed by atoms with Crippen molar-refractivity contribution in [1.82, 2.24) is 0 Å².